The maximum absolute atomic E-state index is 12.1. The monoisotopic (exact) mass is 297 g/mol. The van der Waals surface area contributed by atoms with Crippen LogP contribution in [0.1, 0.15) is 26.7 Å². The van der Waals surface area contributed by atoms with Crippen molar-refractivity contribution in [2.75, 3.05) is 52.4 Å². The summed E-state index contributed by atoms with van der Waals surface area (Å²) in [5.74, 6) is 0.0958. The summed E-state index contributed by atoms with van der Waals surface area (Å²) in [7, 11) is 0. The molecule has 6 nitrogen and oxygen atoms in total. The predicted octanol–water partition coefficient (Wildman–Crippen LogP) is 0.178. The number of hydrogen-bond donors (Lipinski definition) is 0. The van der Waals surface area contributed by atoms with Crippen LogP contribution in [0.2, 0.25) is 0 Å². The molecule has 0 bridgehead atoms. The molecule has 0 aromatic rings. The summed E-state index contributed by atoms with van der Waals surface area (Å²) in [6.45, 7) is 9.79. The third kappa shape index (κ3) is 4.41. The van der Waals surface area contributed by atoms with Crippen molar-refractivity contribution in [3.63, 3.8) is 0 Å². The first-order chi connectivity index (χ1) is 10.1. The third-order valence-corrected chi connectivity index (χ3v) is 4.40. The molecule has 0 saturated carbocycles. The second-order valence-electron chi connectivity index (χ2n) is 5.83. The van der Waals surface area contributed by atoms with Gasteiger partial charge >= 0.3 is 5.97 Å². The van der Waals surface area contributed by atoms with Gasteiger partial charge in [0.05, 0.1) is 13.2 Å². The Balaban J connectivity index is 1.72. The van der Waals surface area contributed by atoms with E-state index in [2.05, 4.69) is 9.80 Å². The van der Waals surface area contributed by atoms with Crippen LogP contribution in [0.4, 0.5) is 0 Å². The summed E-state index contributed by atoms with van der Waals surface area (Å²) >= 11 is 0. The fraction of sp³-hybridized carbons (Fsp3) is 0.867. The van der Waals surface area contributed by atoms with E-state index >= 15 is 0 Å². The summed E-state index contributed by atoms with van der Waals surface area (Å²) in [4.78, 5) is 30.1. The fourth-order valence-corrected chi connectivity index (χ4v) is 2.98. The van der Waals surface area contributed by atoms with Crippen molar-refractivity contribution in [3.05, 3.63) is 0 Å². The van der Waals surface area contributed by atoms with Crippen molar-refractivity contribution in [2.24, 2.45) is 0 Å². The molecule has 0 N–H and O–H groups in total. The summed E-state index contributed by atoms with van der Waals surface area (Å²) < 4.78 is 5.06. The van der Waals surface area contributed by atoms with Crippen molar-refractivity contribution < 1.29 is 14.3 Å². The van der Waals surface area contributed by atoms with Crippen molar-refractivity contribution in [2.45, 2.75) is 32.7 Å². The molecule has 1 amide bonds. The Labute approximate surface area is 127 Å². The van der Waals surface area contributed by atoms with Crippen LogP contribution in [0.5, 0.6) is 0 Å². The normalized spacial score (nSPS) is 22.3. The number of rotatable bonds is 5. The minimum Gasteiger partial charge on any atom is -0.465 e. The van der Waals surface area contributed by atoms with Gasteiger partial charge in [0.25, 0.3) is 0 Å². The molecule has 6 heteroatoms. The molecule has 2 fully saturated rings. The Morgan fingerprint density at radius 3 is 2.24 bits per heavy atom. The molecule has 1 atom stereocenters. The lowest BCUT2D eigenvalue weighted by Crippen LogP contribution is -2.53. The highest BCUT2D eigenvalue weighted by atomic mass is 16.5. The highest BCUT2D eigenvalue weighted by Gasteiger charge is 2.28. The third-order valence-electron chi connectivity index (χ3n) is 4.40. The average molecular weight is 297 g/mol. The molecular formula is C15H27N3O3. The molecule has 0 aromatic heterocycles. The highest BCUT2D eigenvalue weighted by Crippen LogP contribution is 2.11. The molecule has 2 saturated heterocycles. The van der Waals surface area contributed by atoms with Gasteiger partial charge in [-0.25, -0.2) is 0 Å². The first kappa shape index (κ1) is 16.2. The zero-order valence-electron chi connectivity index (χ0n) is 13.2. The maximum Gasteiger partial charge on any atom is 0.323 e. The van der Waals surface area contributed by atoms with Crippen LogP contribution in [0, 0.1) is 0 Å². The van der Waals surface area contributed by atoms with E-state index in [0.717, 1.165) is 52.1 Å². The molecule has 2 rings (SSSR count). The SMILES string of the molecule is CCOC(=O)[C@@H](C)N1CCN(CC(=O)N2CCCC2)CC1. The lowest BCUT2D eigenvalue weighted by molar-refractivity contribution is -0.150. The van der Waals surface area contributed by atoms with Gasteiger partial charge in [0, 0.05) is 39.3 Å². The Morgan fingerprint density at radius 1 is 1.05 bits per heavy atom. The number of esters is 1. The van der Waals surface area contributed by atoms with Crippen molar-refractivity contribution >= 4 is 11.9 Å². The zero-order valence-corrected chi connectivity index (χ0v) is 13.2. The summed E-state index contributed by atoms with van der Waals surface area (Å²) in [5, 5.41) is 0. The number of hydrogen-bond acceptors (Lipinski definition) is 5. The van der Waals surface area contributed by atoms with Gasteiger partial charge in [-0.1, -0.05) is 0 Å². The Morgan fingerprint density at radius 2 is 1.67 bits per heavy atom. The Hall–Kier alpha value is -1.14. The second-order valence-corrected chi connectivity index (χ2v) is 5.83. The molecule has 21 heavy (non-hydrogen) atoms. The highest BCUT2D eigenvalue weighted by molar-refractivity contribution is 5.78. The van der Waals surface area contributed by atoms with Crippen molar-refractivity contribution in [1.29, 1.82) is 0 Å². The van der Waals surface area contributed by atoms with Crippen LogP contribution in [0.25, 0.3) is 0 Å². The lowest BCUT2D eigenvalue weighted by Gasteiger charge is -2.37. The summed E-state index contributed by atoms with van der Waals surface area (Å²) in [5.41, 5.74) is 0. The van der Waals surface area contributed by atoms with Crippen molar-refractivity contribution in [3.8, 4) is 0 Å². The number of piperazine rings is 1. The van der Waals surface area contributed by atoms with E-state index in [9.17, 15) is 9.59 Å². The van der Waals surface area contributed by atoms with Crippen LogP contribution in [0.3, 0.4) is 0 Å². The smallest absolute Gasteiger partial charge is 0.323 e. The predicted molar refractivity (Wildman–Crippen MR) is 79.9 cm³/mol. The van der Waals surface area contributed by atoms with E-state index in [1.165, 1.54) is 0 Å². The quantitative estimate of drug-likeness (QED) is 0.678. The summed E-state index contributed by atoms with van der Waals surface area (Å²) in [6, 6.07) is -0.193. The topological polar surface area (TPSA) is 53.1 Å². The molecule has 0 radical (unpaired) electrons. The maximum atomic E-state index is 12.1. The number of ether oxygens (including phenoxy) is 1. The van der Waals surface area contributed by atoms with Gasteiger partial charge in [0.2, 0.25) is 5.91 Å². The van der Waals surface area contributed by atoms with Crippen LogP contribution >= 0.6 is 0 Å². The zero-order chi connectivity index (χ0) is 15.2. The molecule has 2 aliphatic rings. The first-order valence-electron chi connectivity index (χ1n) is 8.02. The van der Waals surface area contributed by atoms with Gasteiger partial charge in [-0.3, -0.25) is 19.4 Å². The molecule has 0 spiro atoms. The summed E-state index contributed by atoms with van der Waals surface area (Å²) in [6.07, 6.45) is 2.27. The first-order valence-corrected chi connectivity index (χ1v) is 8.02. The molecule has 2 aliphatic heterocycles. The molecule has 120 valence electrons. The van der Waals surface area contributed by atoms with E-state index in [1.807, 2.05) is 18.7 Å². The standard InChI is InChI=1S/C15H27N3O3/c1-3-21-15(20)13(2)17-10-8-16(9-11-17)12-14(19)18-6-4-5-7-18/h13H,3-12H2,1-2H3/t13-/m1/s1. The van der Waals surface area contributed by atoms with Gasteiger partial charge in [-0.2, -0.15) is 0 Å². The van der Waals surface area contributed by atoms with Gasteiger partial charge in [-0.05, 0) is 26.7 Å². The number of amides is 1. The Kier molecular flexibility index (Phi) is 5.99. The molecular weight excluding hydrogens is 270 g/mol. The number of nitrogens with zero attached hydrogens (tertiary/aromatic N) is 3. The van der Waals surface area contributed by atoms with Crippen LogP contribution in [-0.2, 0) is 14.3 Å². The van der Waals surface area contributed by atoms with Crippen LogP contribution in [-0.4, -0.2) is 85.0 Å². The fourth-order valence-electron chi connectivity index (χ4n) is 2.98. The largest absolute Gasteiger partial charge is 0.465 e. The number of likely N-dealkylation sites (tertiary alicyclic amines) is 1. The number of carbonyl (C=O) groups excluding carboxylic acids is 2. The van der Waals surface area contributed by atoms with Gasteiger partial charge < -0.3 is 9.64 Å². The van der Waals surface area contributed by atoms with E-state index in [-0.39, 0.29) is 17.9 Å². The van der Waals surface area contributed by atoms with E-state index < -0.39 is 0 Å². The van der Waals surface area contributed by atoms with E-state index in [1.54, 1.807) is 0 Å². The number of carbonyl (C=O) groups is 2. The van der Waals surface area contributed by atoms with E-state index in [4.69, 9.17) is 4.74 Å². The lowest BCUT2D eigenvalue weighted by atomic mass is 10.2. The van der Waals surface area contributed by atoms with Crippen LogP contribution < -0.4 is 0 Å². The Bertz CT molecular complexity index is 361. The molecule has 0 aromatic carbocycles. The van der Waals surface area contributed by atoms with Gasteiger partial charge in [0.15, 0.2) is 0 Å². The molecule has 2 heterocycles. The molecule has 0 unspecified atom stereocenters. The average Bonchev–Trinajstić information content (AvgIpc) is 3.02. The van der Waals surface area contributed by atoms with E-state index in [0.29, 0.717) is 13.2 Å². The second kappa shape index (κ2) is 7.75. The van der Waals surface area contributed by atoms with Gasteiger partial charge in [0.1, 0.15) is 6.04 Å². The molecule has 0 aliphatic carbocycles. The van der Waals surface area contributed by atoms with Crippen LogP contribution in [0.15, 0.2) is 0 Å². The minimum absolute atomic E-state index is 0.154. The van der Waals surface area contributed by atoms with Crippen molar-refractivity contribution in [1.82, 2.24) is 14.7 Å². The minimum atomic E-state index is -0.193. The van der Waals surface area contributed by atoms with Gasteiger partial charge in [-0.15, -0.1) is 0 Å².